The highest BCUT2D eigenvalue weighted by Crippen LogP contribution is 2.41. The number of halogens is 5. The zero-order valence-corrected chi connectivity index (χ0v) is 16.3. The number of hydrogen-bond donors (Lipinski definition) is 0. The van der Waals surface area contributed by atoms with Gasteiger partial charge in [-0.3, -0.25) is 9.59 Å². The molecule has 1 unspecified atom stereocenters. The van der Waals surface area contributed by atoms with Crippen LogP contribution in [0.25, 0.3) is 0 Å². The molecule has 1 amide bonds. The molecule has 1 heterocycles. The average molecular weight is 491 g/mol. The lowest BCUT2D eigenvalue weighted by atomic mass is 10.1. The largest absolute Gasteiger partial charge is 0.474 e. The fraction of sp³-hybridized carbons (Fsp3) is 0.118. The average Bonchev–Trinajstić information content (AvgIpc) is 2.86. The Hall–Kier alpha value is -2.78. The molecule has 29 heavy (non-hydrogen) atoms. The number of ether oxygens (including phenoxy) is 1. The summed E-state index contributed by atoms with van der Waals surface area (Å²) in [5.74, 6) is -5.13. The van der Waals surface area contributed by atoms with E-state index in [-0.39, 0.29) is 32.0 Å². The predicted octanol–water partition coefficient (Wildman–Crippen LogP) is 4.36. The molecule has 6 nitrogen and oxygen atoms in total. The van der Waals surface area contributed by atoms with Gasteiger partial charge in [0.25, 0.3) is 0 Å². The SMILES string of the molecule is N#Cc1cc(F)cc(Oc2ccc3c(c2Br)C(=O)CS3(=O)=NC(=O)C(F)(F)F)c1. The molecule has 1 aliphatic heterocycles. The summed E-state index contributed by atoms with van der Waals surface area (Å²) >= 11 is 3.06. The maximum absolute atomic E-state index is 13.5. The summed E-state index contributed by atoms with van der Waals surface area (Å²) in [5, 5.41) is 8.88. The van der Waals surface area contributed by atoms with Gasteiger partial charge in [0, 0.05) is 6.07 Å². The first-order valence-corrected chi connectivity index (χ1v) is 10.0. The number of fused-ring (bicyclic) bond motifs is 1. The zero-order valence-electron chi connectivity index (χ0n) is 13.9. The summed E-state index contributed by atoms with van der Waals surface area (Å²) in [7, 11) is -3.96. The van der Waals surface area contributed by atoms with Crippen LogP contribution in [0.3, 0.4) is 0 Å². The number of nitriles is 1. The molecule has 0 spiro atoms. The Morgan fingerprint density at radius 3 is 2.59 bits per heavy atom. The molecule has 0 bridgehead atoms. The molecular formula is C17H7BrF4N2O4S. The van der Waals surface area contributed by atoms with Crippen molar-refractivity contribution in [2.75, 3.05) is 5.75 Å². The molecule has 0 radical (unpaired) electrons. The van der Waals surface area contributed by atoms with Crippen LogP contribution in [0.4, 0.5) is 17.6 Å². The van der Waals surface area contributed by atoms with Crippen LogP contribution in [0.15, 0.2) is 44.1 Å². The molecule has 0 aromatic heterocycles. The Labute approximate surface area is 169 Å². The summed E-state index contributed by atoms with van der Waals surface area (Å²) < 4.78 is 71.9. The van der Waals surface area contributed by atoms with Crippen molar-refractivity contribution in [3.8, 4) is 17.6 Å². The molecule has 2 aromatic carbocycles. The van der Waals surface area contributed by atoms with Crippen LogP contribution >= 0.6 is 15.9 Å². The second-order valence-electron chi connectivity index (χ2n) is 5.74. The topological polar surface area (TPSA) is 96.6 Å². The number of carbonyl (C=O) groups excluding carboxylic acids is 2. The minimum Gasteiger partial charge on any atom is -0.456 e. The van der Waals surface area contributed by atoms with Gasteiger partial charge in [-0.2, -0.15) is 18.4 Å². The predicted molar refractivity (Wildman–Crippen MR) is 94.4 cm³/mol. The first-order valence-electron chi connectivity index (χ1n) is 7.55. The molecule has 1 aliphatic rings. The molecule has 0 aliphatic carbocycles. The van der Waals surface area contributed by atoms with E-state index < -0.39 is 39.2 Å². The third-order valence-electron chi connectivity index (χ3n) is 3.72. The second-order valence-corrected chi connectivity index (χ2v) is 8.73. The van der Waals surface area contributed by atoms with Gasteiger partial charge in [-0.05, 0) is 40.2 Å². The van der Waals surface area contributed by atoms with Crippen LogP contribution < -0.4 is 4.74 Å². The maximum Gasteiger partial charge on any atom is 0.474 e. The molecule has 12 heteroatoms. The lowest BCUT2D eigenvalue weighted by molar-refractivity contribution is -0.169. The third-order valence-corrected chi connectivity index (χ3v) is 6.65. The Balaban J connectivity index is 2.08. The van der Waals surface area contributed by atoms with Crippen LogP contribution in [0, 0.1) is 17.1 Å². The standard InChI is InChI=1S/C17H7BrF4N2O4S/c18-15-12(28-10-4-8(6-23)3-9(19)5-10)1-2-13-14(15)11(25)7-29(13,27)24-16(26)17(20,21)22/h1-5H,7H2. The van der Waals surface area contributed by atoms with E-state index in [1.54, 1.807) is 6.07 Å². The van der Waals surface area contributed by atoms with E-state index in [9.17, 15) is 31.4 Å². The molecule has 3 rings (SSSR count). The summed E-state index contributed by atoms with van der Waals surface area (Å²) in [6, 6.07) is 7.14. The Kier molecular flexibility index (Phi) is 5.22. The minimum absolute atomic E-state index is 0.0270. The Morgan fingerprint density at radius 2 is 1.97 bits per heavy atom. The minimum atomic E-state index is -5.33. The first-order chi connectivity index (χ1) is 13.4. The molecule has 0 N–H and O–H groups in total. The van der Waals surface area contributed by atoms with Gasteiger partial charge >= 0.3 is 12.1 Å². The van der Waals surface area contributed by atoms with Crippen molar-refractivity contribution in [3.05, 3.63) is 51.7 Å². The van der Waals surface area contributed by atoms with Gasteiger partial charge in [0.1, 0.15) is 23.1 Å². The van der Waals surface area contributed by atoms with Crippen molar-refractivity contribution >= 4 is 37.3 Å². The van der Waals surface area contributed by atoms with Crippen molar-refractivity contribution in [2.24, 2.45) is 4.36 Å². The van der Waals surface area contributed by atoms with Crippen molar-refractivity contribution in [1.82, 2.24) is 0 Å². The highest BCUT2D eigenvalue weighted by atomic mass is 79.9. The lowest BCUT2D eigenvalue weighted by Crippen LogP contribution is -2.22. The van der Waals surface area contributed by atoms with Gasteiger partial charge in [-0.25, -0.2) is 8.60 Å². The maximum atomic E-state index is 13.5. The number of alkyl halides is 3. The number of ketones is 1. The quantitative estimate of drug-likeness (QED) is 0.582. The van der Waals surface area contributed by atoms with E-state index in [0.717, 1.165) is 18.2 Å². The molecule has 2 aromatic rings. The normalized spacial score (nSPS) is 18.1. The molecule has 0 fully saturated rings. The van der Waals surface area contributed by atoms with E-state index in [0.29, 0.717) is 0 Å². The number of hydrogen-bond acceptors (Lipinski definition) is 5. The molecular weight excluding hydrogens is 484 g/mol. The fourth-order valence-electron chi connectivity index (χ4n) is 2.55. The van der Waals surface area contributed by atoms with E-state index in [4.69, 9.17) is 10.00 Å². The summed E-state index contributed by atoms with van der Waals surface area (Å²) in [5.41, 5.74) is -0.274. The highest BCUT2D eigenvalue weighted by molar-refractivity contribution is 9.10. The van der Waals surface area contributed by atoms with Crippen LogP contribution in [0.1, 0.15) is 15.9 Å². The lowest BCUT2D eigenvalue weighted by Gasteiger charge is -2.11. The van der Waals surface area contributed by atoms with Crippen molar-refractivity contribution in [1.29, 1.82) is 5.26 Å². The van der Waals surface area contributed by atoms with Crippen LogP contribution in [-0.4, -0.2) is 27.8 Å². The summed E-state index contributed by atoms with van der Waals surface area (Å²) in [6.07, 6.45) is -5.33. The van der Waals surface area contributed by atoms with Crippen LogP contribution in [0.5, 0.6) is 11.5 Å². The number of nitrogens with zero attached hydrogens (tertiary/aromatic N) is 2. The van der Waals surface area contributed by atoms with E-state index in [1.165, 1.54) is 12.1 Å². The number of benzene rings is 2. The van der Waals surface area contributed by atoms with Crippen LogP contribution in [-0.2, 0) is 14.5 Å². The highest BCUT2D eigenvalue weighted by Gasteiger charge is 2.42. The molecule has 150 valence electrons. The van der Waals surface area contributed by atoms with Gasteiger partial charge in [0.05, 0.1) is 36.3 Å². The zero-order chi connectivity index (χ0) is 21.6. The molecule has 0 saturated carbocycles. The monoisotopic (exact) mass is 490 g/mol. The number of carbonyl (C=O) groups is 2. The van der Waals surface area contributed by atoms with Crippen molar-refractivity contribution in [2.45, 2.75) is 11.1 Å². The number of rotatable bonds is 2. The summed E-state index contributed by atoms with van der Waals surface area (Å²) in [4.78, 5) is 23.1. The Morgan fingerprint density at radius 1 is 1.28 bits per heavy atom. The van der Waals surface area contributed by atoms with E-state index in [2.05, 4.69) is 20.3 Å². The van der Waals surface area contributed by atoms with Gasteiger partial charge in [0.15, 0.2) is 5.78 Å². The van der Waals surface area contributed by atoms with Crippen LogP contribution in [0.2, 0.25) is 0 Å². The molecule has 1 atom stereocenters. The number of amides is 1. The Bertz CT molecular complexity index is 1230. The smallest absolute Gasteiger partial charge is 0.456 e. The summed E-state index contributed by atoms with van der Waals surface area (Å²) in [6.45, 7) is 0. The third kappa shape index (κ3) is 4.01. The van der Waals surface area contributed by atoms with Crippen molar-refractivity contribution in [3.63, 3.8) is 0 Å². The van der Waals surface area contributed by atoms with Gasteiger partial charge in [-0.1, -0.05) is 0 Å². The van der Waals surface area contributed by atoms with E-state index >= 15 is 0 Å². The van der Waals surface area contributed by atoms with Crippen molar-refractivity contribution < 1.29 is 36.1 Å². The fourth-order valence-corrected chi connectivity index (χ4v) is 5.34. The second kappa shape index (κ2) is 7.23. The van der Waals surface area contributed by atoms with Gasteiger partial charge in [0.2, 0.25) is 0 Å². The van der Waals surface area contributed by atoms with E-state index in [1.807, 2.05) is 0 Å². The van der Waals surface area contributed by atoms with Gasteiger partial charge < -0.3 is 4.74 Å². The van der Waals surface area contributed by atoms with Gasteiger partial charge in [-0.15, -0.1) is 4.36 Å². The first kappa shape index (κ1) is 20.9. The molecule has 0 saturated heterocycles. The number of Topliss-reactive ketones (excluding diaryl/α,β-unsaturated/α-hetero) is 1.